The highest BCUT2D eigenvalue weighted by atomic mass is 14.7. The van der Waals surface area contributed by atoms with E-state index in [1.807, 2.05) is 12.3 Å². The van der Waals surface area contributed by atoms with Crippen LogP contribution in [0.1, 0.15) is 55.2 Å². The molecule has 7 rings (SSSR count). The summed E-state index contributed by atoms with van der Waals surface area (Å²) in [5.74, 6) is 0.609. The maximum atomic E-state index is 7.80. The van der Waals surface area contributed by atoms with E-state index in [-0.39, 0.29) is 0 Å². The van der Waals surface area contributed by atoms with Crippen LogP contribution in [0.15, 0.2) is 119 Å². The minimum Gasteiger partial charge on any atom is -0.308 e. The summed E-state index contributed by atoms with van der Waals surface area (Å²) in [7, 11) is 0. The maximum absolute atomic E-state index is 7.80. The fourth-order valence-corrected chi connectivity index (χ4v) is 7.12. The van der Waals surface area contributed by atoms with Gasteiger partial charge in [0.05, 0.1) is 6.54 Å². The molecule has 0 saturated heterocycles. The molecule has 3 aromatic rings. The number of rotatable bonds is 7. The normalized spacial score (nSPS) is 19.7. The summed E-state index contributed by atoms with van der Waals surface area (Å²) in [5, 5.41) is 10.6. The first-order valence-corrected chi connectivity index (χ1v) is 15.8. The van der Waals surface area contributed by atoms with Crippen molar-refractivity contribution in [3.8, 4) is 11.1 Å². The van der Waals surface area contributed by atoms with Gasteiger partial charge >= 0.3 is 0 Å². The van der Waals surface area contributed by atoms with Crippen LogP contribution in [0.4, 0.5) is 0 Å². The second kappa shape index (κ2) is 12.4. The molecular weight excluding hydrogens is 520 g/mol. The minimum absolute atomic E-state index is 0.609. The summed E-state index contributed by atoms with van der Waals surface area (Å²) in [4.78, 5) is 4.26. The Morgan fingerprint density at radius 1 is 0.837 bits per heavy atom. The molecule has 43 heavy (non-hydrogen) atoms. The SMILES string of the molecule is N=C/C(=C\C=C\C1=c2ccccc2=C(C2CC=C(c3ccc(-c4ccc5c(c4)CCC=C5)cc3)CC2)CC1)C1=CCN=C1. The van der Waals surface area contributed by atoms with Gasteiger partial charge in [-0.05, 0) is 106 Å². The number of fused-ring (bicyclic) bond motifs is 2. The molecule has 0 spiro atoms. The third kappa shape index (κ3) is 5.75. The van der Waals surface area contributed by atoms with Gasteiger partial charge in [0.15, 0.2) is 0 Å². The summed E-state index contributed by atoms with van der Waals surface area (Å²) in [6.45, 7) is 0.714. The van der Waals surface area contributed by atoms with Crippen LogP contribution in [0, 0.1) is 11.3 Å². The van der Waals surface area contributed by atoms with Crippen LogP contribution in [0.3, 0.4) is 0 Å². The predicted molar refractivity (Wildman–Crippen MR) is 184 cm³/mol. The van der Waals surface area contributed by atoms with E-state index < -0.39 is 0 Å². The quantitative estimate of drug-likeness (QED) is 0.223. The number of nitrogens with zero attached hydrogens (tertiary/aromatic N) is 1. The molecule has 0 radical (unpaired) electrons. The molecule has 2 nitrogen and oxygen atoms in total. The number of aliphatic imine (C=N–C) groups is 1. The second-order valence-corrected chi connectivity index (χ2v) is 12.0. The molecule has 1 atom stereocenters. The van der Waals surface area contributed by atoms with Crippen LogP contribution in [0.25, 0.3) is 33.9 Å². The Kier molecular flexibility index (Phi) is 7.84. The van der Waals surface area contributed by atoms with Crippen molar-refractivity contribution in [1.82, 2.24) is 0 Å². The third-order valence-electron chi connectivity index (χ3n) is 9.51. The molecule has 212 valence electrons. The number of allylic oxidation sites excluding steroid dienone is 8. The number of hydrogen-bond acceptors (Lipinski definition) is 2. The molecule has 3 aliphatic carbocycles. The minimum atomic E-state index is 0.609. The van der Waals surface area contributed by atoms with Gasteiger partial charge in [0.2, 0.25) is 0 Å². The van der Waals surface area contributed by atoms with Crippen LogP contribution < -0.4 is 10.4 Å². The molecule has 4 aliphatic rings. The predicted octanol–water partition coefficient (Wildman–Crippen LogP) is 8.43. The Balaban J connectivity index is 1.10. The average molecular weight is 559 g/mol. The van der Waals surface area contributed by atoms with Gasteiger partial charge < -0.3 is 5.41 Å². The highest BCUT2D eigenvalue weighted by Crippen LogP contribution is 2.37. The number of hydrogen-bond donors (Lipinski definition) is 1. The van der Waals surface area contributed by atoms with E-state index in [1.54, 1.807) is 5.57 Å². The van der Waals surface area contributed by atoms with E-state index in [9.17, 15) is 0 Å². The van der Waals surface area contributed by atoms with E-state index in [0.29, 0.717) is 12.5 Å². The summed E-state index contributed by atoms with van der Waals surface area (Å²) in [6, 6.07) is 25.1. The van der Waals surface area contributed by atoms with Crippen LogP contribution in [0.5, 0.6) is 0 Å². The van der Waals surface area contributed by atoms with E-state index >= 15 is 0 Å². The molecule has 0 saturated carbocycles. The summed E-state index contributed by atoms with van der Waals surface area (Å²) in [6.07, 6.45) is 26.7. The summed E-state index contributed by atoms with van der Waals surface area (Å²) in [5.41, 5.74) is 13.3. The topological polar surface area (TPSA) is 36.2 Å². The molecule has 1 heterocycles. The van der Waals surface area contributed by atoms with Crippen molar-refractivity contribution in [3.05, 3.63) is 141 Å². The van der Waals surface area contributed by atoms with Gasteiger partial charge in [0.25, 0.3) is 0 Å². The lowest BCUT2D eigenvalue weighted by Gasteiger charge is -2.27. The molecule has 1 aliphatic heterocycles. The molecule has 0 bridgehead atoms. The van der Waals surface area contributed by atoms with Crippen molar-refractivity contribution in [1.29, 1.82) is 5.41 Å². The molecule has 2 heteroatoms. The van der Waals surface area contributed by atoms with Gasteiger partial charge in [-0.25, -0.2) is 0 Å². The first-order chi connectivity index (χ1) is 21.3. The van der Waals surface area contributed by atoms with Gasteiger partial charge in [0, 0.05) is 18.0 Å². The fourth-order valence-electron chi connectivity index (χ4n) is 7.12. The third-order valence-corrected chi connectivity index (χ3v) is 9.51. The lowest BCUT2D eigenvalue weighted by atomic mass is 9.78. The Bertz CT molecular complexity index is 1870. The van der Waals surface area contributed by atoms with Gasteiger partial charge in [-0.2, -0.15) is 0 Å². The first kappa shape index (κ1) is 27.3. The zero-order valence-corrected chi connectivity index (χ0v) is 24.7. The smallest absolute Gasteiger partial charge is 0.0580 e. The molecule has 0 aromatic heterocycles. The van der Waals surface area contributed by atoms with Gasteiger partial charge in [-0.3, -0.25) is 4.99 Å². The van der Waals surface area contributed by atoms with Gasteiger partial charge in [0.1, 0.15) is 0 Å². The zero-order chi connectivity index (χ0) is 29.0. The Morgan fingerprint density at radius 3 is 2.47 bits per heavy atom. The molecule has 0 amide bonds. The van der Waals surface area contributed by atoms with Crippen molar-refractivity contribution in [2.45, 2.75) is 44.9 Å². The van der Waals surface area contributed by atoms with E-state index in [2.05, 4.69) is 108 Å². The molecule has 0 fully saturated rings. The standard InChI is InChI=1S/C41H38N2/c42-27-37(38-24-25-43-28-38)9-5-8-33-22-23-40(41-11-4-3-10-39(33)41)34-19-16-31(17-20-34)30-12-14-32(15-13-30)36-21-18-29-6-1-2-7-35(29)26-36/h1,3-6,8-16,18,21,24,26-28,34,42H,2,7,17,19-20,22-23,25H2/b8-5+,37-9+,42-27?. The van der Waals surface area contributed by atoms with Crippen LogP contribution >= 0.6 is 0 Å². The van der Waals surface area contributed by atoms with Crippen molar-refractivity contribution in [2.75, 3.05) is 6.54 Å². The number of aryl methyl sites for hydroxylation is 1. The van der Waals surface area contributed by atoms with Crippen LogP contribution in [-0.4, -0.2) is 19.0 Å². The van der Waals surface area contributed by atoms with E-state index in [4.69, 9.17) is 5.41 Å². The van der Waals surface area contributed by atoms with Crippen molar-refractivity contribution < 1.29 is 0 Å². The van der Waals surface area contributed by atoms with Crippen molar-refractivity contribution in [3.63, 3.8) is 0 Å². The van der Waals surface area contributed by atoms with Crippen LogP contribution in [0.2, 0.25) is 0 Å². The van der Waals surface area contributed by atoms with Crippen LogP contribution in [-0.2, 0) is 6.42 Å². The van der Waals surface area contributed by atoms with Gasteiger partial charge in [-0.15, -0.1) is 0 Å². The van der Waals surface area contributed by atoms with E-state index in [1.165, 1.54) is 62.0 Å². The highest BCUT2D eigenvalue weighted by molar-refractivity contribution is 5.99. The first-order valence-electron chi connectivity index (χ1n) is 15.8. The largest absolute Gasteiger partial charge is 0.308 e. The Morgan fingerprint density at radius 2 is 1.67 bits per heavy atom. The lowest BCUT2D eigenvalue weighted by Crippen LogP contribution is -2.34. The number of nitrogens with one attached hydrogen (secondary N) is 1. The molecule has 1 unspecified atom stereocenters. The monoisotopic (exact) mass is 558 g/mol. The summed E-state index contributed by atoms with van der Waals surface area (Å²) >= 11 is 0. The van der Waals surface area contributed by atoms with Crippen molar-refractivity contribution in [2.24, 2.45) is 10.9 Å². The fraction of sp³-hybridized carbons (Fsp3) is 0.220. The lowest BCUT2D eigenvalue weighted by molar-refractivity contribution is 0.588. The summed E-state index contributed by atoms with van der Waals surface area (Å²) < 4.78 is 0. The highest BCUT2D eigenvalue weighted by Gasteiger charge is 2.22. The number of benzene rings is 3. The Labute approximate surface area is 255 Å². The van der Waals surface area contributed by atoms with Crippen molar-refractivity contribution >= 4 is 35.2 Å². The molecular formula is C41H38N2. The molecule has 3 aromatic carbocycles. The second-order valence-electron chi connectivity index (χ2n) is 12.0. The Hall–Kier alpha value is -4.56. The maximum Gasteiger partial charge on any atom is 0.0580 e. The zero-order valence-electron chi connectivity index (χ0n) is 24.7. The van der Waals surface area contributed by atoms with E-state index in [0.717, 1.165) is 49.7 Å². The molecule has 1 N–H and O–H groups in total. The average Bonchev–Trinajstić information content (AvgIpc) is 3.62. The van der Waals surface area contributed by atoms with Gasteiger partial charge in [-0.1, -0.05) is 115 Å².